The fraction of sp³-hybridized carbons (Fsp3) is 0.538. The van der Waals surface area contributed by atoms with Gasteiger partial charge in [0, 0.05) is 0 Å². The van der Waals surface area contributed by atoms with Gasteiger partial charge in [0.1, 0.15) is 16.9 Å². The first kappa shape index (κ1) is 12.2. The summed E-state index contributed by atoms with van der Waals surface area (Å²) in [6.45, 7) is 8.17. The molecule has 2 heterocycles. The fourth-order valence-corrected chi connectivity index (χ4v) is 5.00. The zero-order valence-corrected chi connectivity index (χ0v) is 12.3. The van der Waals surface area contributed by atoms with Crippen LogP contribution in [-0.4, -0.2) is 18.2 Å². The predicted octanol–water partition coefficient (Wildman–Crippen LogP) is 3.80. The van der Waals surface area contributed by atoms with E-state index in [0.29, 0.717) is 0 Å². The van der Waals surface area contributed by atoms with Crippen LogP contribution in [0.2, 0.25) is 0 Å². The van der Waals surface area contributed by atoms with Crippen LogP contribution >= 0.6 is 8.09 Å². The zero-order valence-electron chi connectivity index (χ0n) is 11.4. The number of rotatable bonds is 0. The van der Waals surface area contributed by atoms with Crippen molar-refractivity contribution in [3.63, 3.8) is 0 Å². The summed E-state index contributed by atoms with van der Waals surface area (Å²) in [6, 6.07) is 7.93. The van der Waals surface area contributed by atoms with E-state index in [1.54, 1.807) is 0 Å². The van der Waals surface area contributed by atoms with Gasteiger partial charge in [0.2, 0.25) is 5.75 Å². The summed E-state index contributed by atoms with van der Waals surface area (Å²) in [4.78, 5) is 0. The number of hydrogen-bond donors (Lipinski definition) is 0. The Kier molecular flexibility index (Phi) is 2.30. The van der Waals surface area contributed by atoms with Gasteiger partial charge in [0.05, 0.1) is 7.05 Å². The largest absolute Gasteiger partial charge is 0.577 e. The molecule has 0 atom stereocenters. The first-order valence-electron chi connectivity index (χ1n) is 6.11. The molecule has 98 valence electrons. The molecule has 0 aliphatic carbocycles. The summed E-state index contributed by atoms with van der Waals surface area (Å²) in [6.07, 6.45) is 0. The highest BCUT2D eigenvalue weighted by molar-refractivity contribution is 7.64. The standard InChI is InChI=1S/C13H19NO3P/c1-12(2)13(3,4)17-18(16-12)14(5)10-8-6-7-9-11(10)15-18/h6-9H,1-5H3/q+1. The molecule has 0 aromatic heterocycles. The van der Waals surface area contributed by atoms with E-state index in [-0.39, 0.29) is 11.2 Å². The minimum absolute atomic E-state index is 0.378. The maximum absolute atomic E-state index is 6.20. The van der Waals surface area contributed by atoms with Crippen molar-refractivity contribution in [2.24, 2.45) is 0 Å². The molecule has 5 heteroatoms. The Morgan fingerprint density at radius 2 is 1.56 bits per heavy atom. The molecule has 1 aromatic carbocycles. The summed E-state index contributed by atoms with van der Waals surface area (Å²) in [5.41, 5.74) is 0.271. The van der Waals surface area contributed by atoms with Crippen LogP contribution in [0.5, 0.6) is 5.75 Å². The Balaban J connectivity index is 2.02. The molecule has 0 amide bonds. The number of hydrogen-bond acceptors (Lipinski definition) is 4. The number of benzene rings is 1. The first-order chi connectivity index (χ1) is 8.28. The maximum atomic E-state index is 6.20. The van der Waals surface area contributed by atoms with Crippen molar-refractivity contribution in [3.8, 4) is 5.75 Å². The van der Waals surface area contributed by atoms with Crippen LogP contribution in [-0.2, 0) is 9.05 Å². The third-order valence-corrected chi connectivity index (χ3v) is 6.68. The van der Waals surface area contributed by atoms with E-state index in [9.17, 15) is 0 Å². The minimum Gasteiger partial charge on any atom is -0.263 e. The predicted molar refractivity (Wildman–Crippen MR) is 72.7 cm³/mol. The highest BCUT2D eigenvalue weighted by atomic mass is 31.2. The molecule has 3 rings (SSSR count). The van der Waals surface area contributed by atoms with Crippen molar-refractivity contribution in [1.29, 1.82) is 0 Å². The molecule has 0 bridgehead atoms. The van der Waals surface area contributed by atoms with E-state index >= 15 is 0 Å². The van der Waals surface area contributed by atoms with Gasteiger partial charge in [0.25, 0.3) is 0 Å². The van der Waals surface area contributed by atoms with Crippen LogP contribution in [0.25, 0.3) is 0 Å². The van der Waals surface area contributed by atoms with Crippen LogP contribution in [0.1, 0.15) is 27.7 Å². The lowest BCUT2D eigenvalue weighted by molar-refractivity contribution is 0.00578. The Morgan fingerprint density at radius 1 is 1.00 bits per heavy atom. The second-order valence-corrected chi connectivity index (χ2v) is 7.84. The highest BCUT2D eigenvalue weighted by Crippen LogP contribution is 2.78. The van der Waals surface area contributed by atoms with Gasteiger partial charge in [-0.1, -0.05) is 12.1 Å². The van der Waals surface area contributed by atoms with Crippen LogP contribution in [0.15, 0.2) is 24.3 Å². The summed E-state index contributed by atoms with van der Waals surface area (Å²) < 4.78 is 20.4. The van der Waals surface area contributed by atoms with Crippen molar-refractivity contribution in [2.45, 2.75) is 38.9 Å². The van der Waals surface area contributed by atoms with Gasteiger partial charge in [0.15, 0.2) is 0 Å². The zero-order chi connectivity index (χ0) is 13.2. The molecule has 0 radical (unpaired) electrons. The highest BCUT2D eigenvalue weighted by Gasteiger charge is 2.74. The first-order valence-corrected chi connectivity index (χ1v) is 7.60. The van der Waals surface area contributed by atoms with E-state index in [1.807, 2.05) is 63.7 Å². The van der Waals surface area contributed by atoms with Gasteiger partial charge in [-0.15, -0.1) is 9.05 Å². The van der Waals surface area contributed by atoms with Crippen molar-refractivity contribution >= 4 is 13.8 Å². The molecule has 1 aromatic rings. The van der Waals surface area contributed by atoms with Gasteiger partial charge in [-0.3, -0.25) is 4.52 Å². The Morgan fingerprint density at radius 3 is 2.11 bits per heavy atom. The Hall–Kier alpha value is -0.830. The van der Waals surface area contributed by atoms with Crippen LogP contribution in [0, 0.1) is 0 Å². The molecular weight excluding hydrogens is 249 g/mol. The van der Waals surface area contributed by atoms with Gasteiger partial charge in [-0.05, 0) is 39.8 Å². The van der Waals surface area contributed by atoms with Crippen molar-refractivity contribution in [3.05, 3.63) is 24.3 Å². The van der Waals surface area contributed by atoms with Gasteiger partial charge >= 0.3 is 8.09 Å². The fourth-order valence-electron chi connectivity index (χ4n) is 2.09. The second kappa shape index (κ2) is 3.38. The number of nitrogens with zero attached hydrogens (tertiary/aromatic N) is 1. The Labute approximate surface area is 108 Å². The SMILES string of the molecule is CN1c2ccccc2O[P+]12OC(C)(C)C(C)(C)O2. The summed E-state index contributed by atoms with van der Waals surface area (Å²) in [5, 5.41) is 0. The molecule has 4 nitrogen and oxygen atoms in total. The van der Waals surface area contributed by atoms with Crippen molar-refractivity contribution < 1.29 is 13.6 Å². The molecule has 1 fully saturated rings. The smallest absolute Gasteiger partial charge is 0.263 e. The third-order valence-electron chi connectivity index (χ3n) is 3.93. The number of anilines is 1. The maximum Gasteiger partial charge on any atom is 0.577 e. The Bertz CT molecular complexity index is 485. The normalized spacial score (nSPS) is 26.2. The molecule has 18 heavy (non-hydrogen) atoms. The summed E-state index contributed by atoms with van der Waals surface area (Å²) >= 11 is 0. The quantitative estimate of drug-likeness (QED) is 0.670. The third kappa shape index (κ3) is 1.43. The van der Waals surface area contributed by atoms with Gasteiger partial charge in [-0.2, -0.15) is 4.67 Å². The molecule has 2 aliphatic heterocycles. The lowest BCUT2D eigenvalue weighted by atomic mass is 9.90. The molecule has 0 saturated carbocycles. The minimum atomic E-state index is -2.48. The topological polar surface area (TPSA) is 30.9 Å². The average Bonchev–Trinajstić information content (AvgIpc) is 2.60. The molecule has 0 N–H and O–H groups in total. The molecule has 2 aliphatic rings. The van der Waals surface area contributed by atoms with Crippen LogP contribution in [0.3, 0.4) is 0 Å². The van der Waals surface area contributed by atoms with Crippen LogP contribution < -0.4 is 9.19 Å². The molecule has 1 saturated heterocycles. The lowest BCUT2D eigenvalue weighted by Crippen LogP contribution is -2.41. The van der Waals surface area contributed by atoms with E-state index < -0.39 is 8.09 Å². The van der Waals surface area contributed by atoms with E-state index in [0.717, 1.165) is 11.4 Å². The van der Waals surface area contributed by atoms with Crippen molar-refractivity contribution in [1.82, 2.24) is 0 Å². The molecule has 1 spiro atoms. The van der Waals surface area contributed by atoms with Crippen LogP contribution in [0.4, 0.5) is 5.69 Å². The van der Waals surface area contributed by atoms with E-state index in [1.165, 1.54) is 0 Å². The van der Waals surface area contributed by atoms with Gasteiger partial charge < -0.3 is 0 Å². The monoisotopic (exact) mass is 268 g/mol. The van der Waals surface area contributed by atoms with E-state index in [4.69, 9.17) is 13.6 Å². The van der Waals surface area contributed by atoms with Gasteiger partial charge in [-0.25, -0.2) is 0 Å². The summed E-state index contributed by atoms with van der Waals surface area (Å²) in [7, 11) is -0.511. The summed E-state index contributed by atoms with van der Waals surface area (Å²) in [5.74, 6) is 0.835. The van der Waals surface area contributed by atoms with E-state index in [2.05, 4.69) is 0 Å². The number of para-hydroxylation sites is 2. The number of fused-ring (bicyclic) bond motifs is 1. The molecular formula is C13H19NO3P+. The van der Waals surface area contributed by atoms with Crippen molar-refractivity contribution in [2.75, 3.05) is 11.7 Å². The molecule has 0 unspecified atom stereocenters. The second-order valence-electron chi connectivity index (χ2n) is 5.75. The lowest BCUT2D eigenvalue weighted by Gasteiger charge is -2.23. The average molecular weight is 268 g/mol.